The highest BCUT2D eigenvalue weighted by molar-refractivity contribution is 5.32. The van der Waals surface area contributed by atoms with Crippen LogP contribution in [-0.4, -0.2) is 38.8 Å². The van der Waals surface area contributed by atoms with Crippen LogP contribution in [0.2, 0.25) is 0 Å². The van der Waals surface area contributed by atoms with E-state index in [-0.39, 0.29) is 22.5 Å². The van der Waals surface area contributed by atoms with Crippen LogP contribution in [0.4, 0.5) is 0 Å². The molecule has 0 aromatic carbocycles. The maximum atomic E-state index is 6.76. The molecule has 4 nitrogen and oxygen atoms in total. The van der Waals surface area contributed by atoms with E-state index >= 15 is 0 Å². The average Bonchev–Trinajstić information content (AvgIpc) is 3.13. The summed E-state index contributed by atoms with van der Waals surface area (Å²) in [5.41, 5.74) is 1.15. The highest BCUT2D eigenvalue weighted by atomic mass is 16.7. The lowest BCUT2D eigenvalue weighted by Crippen LogP contribution is -2.59. The Bertz CT molecular complexity index is 647. The van der Waals surface area contributed by atoms with Gasteiger partial charge in [0.25, 0.3) is 0 Å². The predicted molar refractivity (Wildman–Crippen MR) is 112 cm³/mol. The third-order valence-electron chi connectivity index (χ3n) is 7.95. The topological polar surface area (TPSA) is 36.9 Å². The highest BCUT2D eigenvalue weighted by Crippen LogP contribution is 2.73. The zero-order chi connectivity index (χ0) is 20.8. The Balaban J connectivity index is 1.91. The van der Waals surface area contributed by atoms with Crippen LogP contribution in [0.25, 0.3) is 0 Å². The molecule has 0 amide bonds. The van der Waals surface area contributed by atoms with Gasteiger partial charge in [0.05, 0.1) is 24.2 Å². The van der Waals surface area contributed by atoms with E-state index in [1.54, 1.807) is 14.2 Å². The molecule has 1 unspecified atom stereocenters. The molecule has 0 saturated carbocycles. The molecule has 2 saturated heterocycles. The molecule has 0 radical (unpaired) electrons. The number of allylic oxidation sites excluding steroid dienone is 3. The molecule has 0 N–H and O–H groups in total. The van der Waals surface area contributed by atoms with Gasteiger partial charge in [-0.3, -0.25) is 0 Å². The van der Waals surface area contributed by atoms with Crippen molar-refractivity contribution in [3.8, 4) is 0 Å². The van der Waals surface area contributed by atoms with Crippen molar-refractivity contribution < 1.29 is 18.9 Å². The normalized spacial score (nSPS) is 39.1. The molecule has 3 aliphatic rings. The van der Waals surface area contributed by atoms with Gasteiger partial charge in [-0.25, -0.2) is 0 Å². The van der Waals surface area contributed by atoms with Crippen LogP contribution < -0.4 is 0 Å². The molecule has 160 valence electrons. The predicted octanol–water partition coefficient (Wildman–Crippen LogP) is 5.63. The average molecular weight is 393 g/mol. The van der Waals surface area contributed by atoms with E-state index in [4.69, 9.17) is 18.9 Å². The summed E-state index contributed by atoms with van der Waals surface area (Å²) < 4.78 is 24.6. The van der Waals surface area contributed by atoms with E-state index in [1.165, 1.54) is 5.57 Å². The Labute approximate surface area is 171 Å². The highest BCUT2D eigenvalue weighted by Gasteiger charge is 2.77. The van der Waals surface area contributed by atoms with Crippen molar-refractivity contribution in [3.63, 3.8) is 0 Å². The standard InChI is InChI=1S/C24H40O4/c1-17(2)12-15-23-16-20-22(5,14-9-13-21(3,4)26-7)18(10-11-19(23)25-6)24(23,27-8)28-20/h11-12,18,20H,9-10,13-16H2,1-8H3/t18-,20?,22+,23-,24+/m1/s1. The fourth-order valence-electron chi connectivity index (χ4n) is 6.08. The number of fused-ring (bicyclic) bond motifs is 1. The molecule has 0 aromatic heterocycles. The first-order valence-electron chi connectivity index (χ1n) is 10.8. The lowest BCUT2D eigenvalue weighted by atomic mass is 9.51. The lowest BCUT2D eigenvalue weighted by molar-refractivity contribution is -0.261. The van der Waals surface area contributed by atoms with E-state index in [9.17, 15) is 0 Å². The molecule has 28 heavy (non-hydrogen) atoms. The summed E-state index contributed by atoms with van der Waals surface area (Å²) >= 11 is 0. The van der Waals surface area contributed by atoms with Gasteiger partial charge in [0.1, 0.15) is 5.76 Å². The summed E-state index contributed by atoms with van der Waals surface area (Å²) in [7, 11) is 5.42. The van der Waals surface area contributed by atoms with E-state index < -0.39 is 5.79 Å². The summed E-state index contributed by atoms with van der Waals surface area (Å²) in [6.45, 7) is 11.1. The summed E-state index contributed by atoms with van der Waals surface area (Å²) in [5.74, 6) is 0.807. The number of hydrogen-bond acceptors (Lipinski definition) is 4. The molecule has 2 bridgehead atoms. The lowest BCUT2D eigenvalue weighted by Gasteiger charge is -2.55. The minimum atomic E-state index is -0.588. The van der Waals surface area contributed by atoms with Crippen LogP contribution in [0.1, 0.15) is 73.1 Å². The van der Waals surface area contributed by atoms with Gasteiger partial charge in [-0.05, 0) is 72.3 Å². The van der Waals surface area contributed by atoms with Crippen molar-refractivity contribution in [2.24, 2.45) is 16.7 Å². The molecule has 2 fully saturated rings. The second-order valence-corrected chi connectivity index (χ2v) is 10.1. The summed E-state index contributed by atoms with van der Waals surface area (Å²) in [6.07, 6.45) is 11.0. The number of hydrogen-bond donors (Lipinski definition) is 0. The zero-order valence-electron chi connectivity index (χ0n) is 19.2. The molecule has 2 heterocycles. The van der Waals surface area contributed by atoms with Crippen LogP contribution in [-0.2, 0) is 18.9 Å². The number of methoxy groups -OCH3 is 3. The minimum Gasteiger partial charge on any atom is -0.501 e. The zero-order valence-corrected chi connectivity index (χ0v) is 19.2. The van der Waals surface area contributed by atoms with Crippen molar-refractivity contribution in [2.75, 3.05) is 21.3 Å². The summed E-state index contributed by atoms with van der Waals surface area (Å²) in [4.78, 5) is 0. The summed E-state index contributed by atoms with van der Waals surface area (Å²) in [6, 6.07) is 0. The molecule has 4 heteroatoms. The van der Waals surface area contributed by atoms with Gasteiger partial charge in [-0.1, -0.05) is 18.6 Å². The van der Waals surface area contributed by atoms with Crippen LogP contribution in [0.15, 0.2) is 23.5 Å². The molecule has 0 aromatic rings. The Morgan fingerprint density at radius 1 is 1.29 bits per heavy atom. The van der Waals surface area contributed by atoms with Gasteiger partial charge >= 0.3 is 0 Å². The monoisotopic (exact) mass is 392 g/mol. The second kappa shape index (κ2) is 7.45. The van der Waals surface area contributed by atoms with Crippen molar-refractivity contribution in [3.05, 3.63) is 23.5 Å². The third-order valence-corrected chi connectivity index (χ3v) is 7.95. The molecular formula is C24H40O4. The molecular weight excluding hydrogens is 352 g/mol. The molecule has 3 rings (SSSR count). The third kappa shape index (κ3) is 3.07. The Morgan fingerprint density at radius 2 is 2.00 bits per heavy atom. The Hall–Kier alpha value is -0.840. The van der Waals surface area contributed by atoms with Gasteiger partial charge in [0.2, 0.25) is 0 Å². The van der Waals surface area contributed by atoms with Gasteiger partial charge in [-0.2, -0.15) is 0 Å². The maximum Gasteiger partial charge on any atom is 0.185 e. The fourth-order valence-corrected chi connectivity index (χ4v) is 6.08. The van der Waals surface area contributed by atoms with Crippen molar-refractivity contribution in [1.82, 2.24) is 0 Å². The molecule has 1 aliphatic carbocycles. The van der Waals surface area contributed by atoms with Gasteiger partial charge < -0.3 is 18.9 Å². The van der Waals surface area contributed by atoms with Crippen molar-refractivity contribution in [2.45, 2.75) is 90.6 Å². The fraction of sp³-hybridized carbons (Fsp3) is 0.833. The smallest absolute Gasteiger partial charge is 0.185 e. The molecule has 2 aliphatic heterocycles. The first-order chi connectivity index (χ1) is 13.1. The second-order valence-electron chi connectivity index (χ2n) is 10.1. The van der Waals surface area contributed by atoms with Crippen LogP contribution in [0, 0.1) is 16.7 Å². The summed E-state index contributed by atoms with van der Waals surface area (Å²) in [5, 5.41) is 0. The molecule has 0 spiro atoms. The Morgan fingerprint density at radius 3 is 2.57 bits per heavy atom. The van der Waals surface area contributed by atoms with E-state index in [1.807, 2.05) is 7.11 Å². The number of rotatable bonds is 9. The van der Waals surface area contributed by atoms with Crippen LogP contribution in [0.5, 0.6) is 0 Å². The van der Waals surface area contributed by atoms with E-state index in [0.717, 1.165) is 44.3 Å². The van der Waals surface area contributed by atoms with E-state index in [2.05, 4.69) is 46.8 Å². The van der Waals surface area contributed by atoms with Gasteiger partial charge in [0.15, 0.2) is 5.79 Å². The SMILES string of the molecule is COC1=CC[C@H]2[C@]3(OC)OC(C[C@]13CC=C(C)C)[C@@]2(C)CCCC(C)(C)OC. The van der Waals surface area contributed by atoms with Crippen LogP contribution in [0.3, 0.4) is 0 Å². The first-order valence-corrected chi connectivity index (χ1v) is 10.8. The van der Waals surface area contributed by atoms with Crippen molar-refractivity contribution in [1.29, 1.82) is 0 Å². The van der Waals surface area contributed by atoms with E-state index in [0.29, 0.717) is 5.92 Å². The first kappa shape index (κ1) is 21.9. The van der Waals surface area contributed by atoms with Gasteiger partial charge in [-0.15, -0.1) is 0 Å². The Kier molecular flexibility index (Phi) is 5.81. The van der Waals surface area contributed by atoms with Crippen LogP contribution >= 0.6 is 0 Å². The number of ether oxygens (including phenoxy) is 4. The molecule has 5 atom stereocenters. The van der Waals surface area contributed by atoms with Crippen molar-refractivity contribution >= 4 is 0 Å². The quantitative estimate of drug-likeness (QED) is 0.477. The minimum absolute atomic E-state index is 0.0727. The largest absolute Gasteiger partial charge is 0.501 e. The maximum absolute atomic E-state index is 6.76. The van der Waals surface area contributed by atoms with Gasteiger partial charge in [0, 0.05) is 25.6 Å².